The second-order valence-corrected chi connectivity index (χ2v) is 6.52. The Morgan fingerprint density at radius 3 is 2.50 bits per heavy atom. The predicted octanol–water partition coefficient (Wildman–Crippen LogP) is 2.39. The molecule has 1 atom stereocenters. The standard InChI is InChI=1S/C14H26N2O2/c1-5-16(12(17)18-13(2,3)4)14(7-8-14)11-6-9-15-10-11/h11,15H,5-10H2,1-4H3. The molecule has 0 aromatic rings. The first-order valence-electron chi connectivity index (χ1n) is 7.10. The summed E-state index contributed by atoms with van der Waals surface area (Å²) >= 11 is 0. The van der Waals surface area contributed by atoms with Crippen LogP contribution in [0.1, 0.15) is 47.0 Å². The SMILES string of the molecule is CCN(C(=O)OC(C)(C)C)C1(C2CCNC2)CC1. The third-order valence-electron chi connectivity index (χ3n) is 4.05. The Kier molecular flexibility index (Phi) is 3.58. The van der Waals surface area contributed by atoms with Gasteiger partial charge in [0.2, 0.25) is 0 Å². The molecule has 0 aromatic heterocycles. The van der Waals surface area contributed by atoms with Crippen LogP contribution >= 0.6 is 0 Å². The monoisotopic (exact) mass is 254 g/mol. The Morgan fingerprint density at radius 1 is 1.44 bits per heavy atom. The molecule has 1 heterocycles. The number of hydrogen-bond donors (Lipinski definition) is 1. The Labute approximate surface area is 110 Å². The molecule has 1 N–H and O–H groups in total. The largest absolute Gasteiger partial charge is 0.444 e. The lowest BCUT2D eigenvalue weighted by atomic mass is 9.95. The molecule has 2 rings (SSSR count). The zero-order valence-corrected chi connectivity index (χ0v) is 12.1. The average Bonchev–Trinajstić information content (AvgIpc) is 2.85. The Bertz CT molecular complexity index is 312. The van der Waals surface area contributed by atoms with E-state index in [1.165, 1.54) is 6.42 Å². The lowest BCUT2D eigenvalue weighted by Gasteiger charge is -2.36. The summed E-state index contributed by atoms with van der Waals surface area (Å²) in [6, 6.07) is 0. The minimum absolute atomic E-state index is 0.0839. The summed E-state index contributed by atoms with van der Waals surface area (Å²) in [7, 11) is 0. The van der Waals surface area contributed by atoms with E-state index >= 15 is 0 Å². The fourth-order valence-electron chi connectivity index (χ4n) is 3.08. The number of ether oxygens (including phenoxy) is 1. The topological polar surface area (TPSA) is 41.6 Å². The molecule has 2 fully saturated rings. The van der Waals surface area contributed by atoms with Crippen LogP contribution in [0, 0.1) is 5.92 Å². The van der Waals surface area contributed by atoms with Gasteiger partial charge in [0, 0.05) is 13.1 Å². The fourth-order valence-corrected chi connectivity index (χ4v) is 3.08. The first kappa shape index (κ1) is 13.7. The number of nitrogens with zero attached hydrogens (tertiary/aromatic N) is 1. The molecular weight excluding hydrogens is 228 g/mol. The van der Waals surface area contributed by atoms with Gasteiger partial charge < -0.3 is 15.0 Å². The summed E-state index contributed by atoms with van der Waals surface area (Å²) in [6.45, 7) is 10.7. The molecule has 0 spiro atoms. The minimum atomic E-state index is -0.408. The fraction of sp³-hybridized carbons (Fsp3) is 0.929. The van der Waals surface area contributed by atoms with Crippen LogP contribution < -0.4 is 5.32 Å². The molecule has 0 aromatic carbocycles. The molecule has 1 saturated carbocycles. The Balaban J connectivity index is 2.06. The van der Waals surface area contributed by atoms with E-state index in [1.807, 2.05) is 32.6 Å². The number of hydrogen-bond acceptors (Lipinski definition) is 3. The summed E-state index contributed by atoms with van der Waals surface area (Å²) in [4.78, 5) is 14.3. The van der Waals surface area contributed by atoms with Crippen molar-refractivity contribution >= 4 is 6.09 Å². The van der Waals surface area contributed by atoms with E-state index in [9.17, 15) is 4.79 Å². The van der Waals surface area contributed by atoms with Gasteiger partial charge in [-0.15, -0.1) is 0 Å². The van der Waals surface area contributed by atoms with E-state index in [0.717, 1.165) is 32.5 Å². The molecule has 0 radical (unpaired) electrons. The second-order valence-electron chi connectivity index (χ2n) is 6.52. The van der Waals surface area contributed by atoms with E-state index < -0.39 is 5.60 Å². The molecular formula is C14H26N2O2. The van der Waals surface area contributed by atoms with Crippen LogP contribution in [-0.4, -0.2) is 41.8 Å². The van der Waals surface area contributed by atoms with Crippen molar-refractivity contribution in [3.05, 3.63) is 0 Å². The number of nitrogens with one attached hydrogen (secondary N) is 1. The number of amides is 1. The molecule has 2 aliphatic rings. The molecule has 1 saturated heterocycles. The van der Waals surface area contributed by atoms with Crippen molar-refractivity contribution in [2.45, 2.75) is 58.1 Å². The van der Waals surface area contributed by atoms with Crippen molar-refractivity contribution in [1.29, 1.82) is 0 Å². The van der Waals surface area contributed by atoms with Crippen molar-refractivity contribution in [3.8, 4) is 0 Å². The van der Waals surface area contributed by atoms with Crippen molar-refractivity contribution in [2.75, 3.05) is 19.6 Å². The van der Waals surface area contributed by atoms with Crippen LogP contribution in [0.15, 0.2) is 0 Å². The number of carbonyl (C=O) groups is 1. The molecule has 1 unspecified atom stereocenters. The van der Waals surface area contributed by atoms with Crippen LogP contribution in [0.25, 0.3) is 0 Å². The highest BCUT2D eigenvalue weighted by molar-refractivity contribution is 5.70. The van der Waals surface area contributed by atoms with Crippen molar-refractivity contribution in [3.63, 3.8) is 0 Å². The summed E-state index contributed by atoms with van der Waals surface area (Å²) in [5.41, 5.74) is -0.324. The predicted molar refractivity (Wildman–Crippen MR) is 71.6 cm³/mol. The van der Waals surface area contributed by atoms with E-state index in [-0.39, 0.29) is 11.6 Å². The zero-order chi connectivity index (χ0) is 13.4. The van der Waals surface area contributed by atoms with E-state index in [2.05, 4.69) is 5.32 Å². The highest BCUT2D eigenvalue weighted by atomic mass is 16.6. The van der Waals surface area contributed by atoms with Gasteiger partial charge in [-0.3, -0.25) is 0 Å². The maximum absolute atomic E-state index is 12.3. The molecule has 0 bridgehead atoms. The average molecular weight is 254 g/mol. The summed E-state index contributed by atoms with van der Waals surface area (Å²) in [6.07, 6.45) is 3.30. The molecule has 1 aliphatic carbocycles. The van der Waals surface area contributed by atoms with Crippen LogP contribution in [-0.2, 0) is 4.74 Å². The molecule has 1 amide bonds. The number of carbonyl (C=O) groups excluding carboxylic acids is 1. The normalized spacial score (nSPS) is 25.9. The van der Waals surface area contributed by atoms with Gasteiger partial charge in [0.05, 0.1) is 5.54 Å². The zero-order valence-electron chi connectivity index (χ0n) is 12.1. The van der Waals surface area contributed by atoms with Gasteiger partial charge in [-0.2, -0.15) is 0 Å². The van der Waals surface area contributed by atoms with E-state index in [0.29, 0.717) is 5.92 Å². The maximum Gasteiger partial charge on any atom is 0.410 e. The third kappa shape index (κ3) is 2.63. The highest BCUT2D eigenvalue weighted by Crippen LogP contribution is 2.50. The lowest BCUT2D eigenvalue weighted by Crippen LogP contribution is -2.49. The van der Waals surface area contributed by atoms with Crippen LogP contribution in [0.2, 0.25) is 0 Å². The number of rotatable bonds is 3. The van der Waals surface area contributed by atoms with Gasteiger partial charge >= 0.3 is 6.09 Å². The molecule has 18 heavy (non-hydrogen) atoms. The molecule has 4 nitrogen and oxygen atoms in total. The van der Waals surface area contributed by atoms with Gasteiger partial charge in [0.25, 0.3) is 0 Å². The third-order valence-corrected chi connectivity index (χ3v) is 4.05. The van der Waals surface area contributed by atoms with Crippen LogP contribution in [0.5, 0.6) is 0 Å². The molecule has 1 aliphatic heterocycles. The quantitative estimate of drug-likeness (QED) is 0.841. The molecule has 4 heteroatoms. The second kappa shape index (κ2) is 4.72. The highest BCUT2D eigenvalue weighted by Gasteiger charge is 2.56. The molecule has 104 valence electrons. The van der Waals surface area contributed by atoms with Gasteiger partial charge in [0.1, 0.15) is 5.60 Å². The van der Waals surface area contributed by atoms with Crippen molar-refractivity contribution in [1.82, 2.24) is 10.2 Å². The van der Waals surface area contributed by atoms with Crippen LogP contribution in [0.4, 0.5) is 4.79 Å². The lowest BCUT2D eigenvalue weighted by molar-refractivity contribution is 0.00734. The van der Waals surface area contributed by atoms with Crippen molar-refractivity contribution in [2.24, 2.45) is 5.92 Å². The first-order chi connectivity index (χ1) is 8.39. The Hall–Kier alpha value is -0.770. The minimum Gasteiger partial charge on any atom is -0.444 e. The van der Waals surface area contributed by atoms with E-state index in [4.69, 9.17) is 4.74 Å². The van der Waals surface area contributed by atoms with Gasteiger partial charge in [-0.25, -0.2) is 4.79 Å². The maximum atomic E-state index is 12.3. The smallest absolute Gasteiger partial charge is 0.410 e. The van der Waals surface area contributed by atoms with Gasteiger partial charge in [-0.1, -0.05) is 0 Å². The van der Waals surface area contributed by atoms with Gasteiger partial charge in [0.15, 0.2) is 0 Å². The van der Waals surface area contributed by atoms with Crippen LogP contribution in [0.3, 0.4) is 0 Å². The summed E-state index contributed by atoms with van der Waals surface area (Å²) < 4.78 is 5.54. The Morgan fingerprint density at radius 2 is 2.11 bits per heavy atom. The van der Waals surface area contributed by atoms with E-state index in [1.54, 1.807) is 0 Å². The first-order valence-corrected chi connectivity index (χ1v) is 7.10. The summed E-state index contributed by atoms with van der Waals surface area (Å²) in [5.74, 6) is 0.602. The summed E-state index contributed by atoms with van der Waals surface area (Å²) in [5, 5.41) is 3.41. The van der Waals surface area contributed by atoms with Gasteiger partial charge in [-0.05, 0) is 59.4 Å². The van der Waals surface area contributed by atoms with Crippen molar-refractivity contribution < 1.29 is 9.53 Å².